The van der Waals surface area contributed by atoms with Gasteiger partial charge in [-0.2, -0.15) is 5.26 Å². The van der Waals surface area contributed by atoms with Crippen molar-refractivity contribution in [1.82, 2.24) is 5.32 Å². The first-order valence-corrected chi connectivity index (χ1v) is 9.35. The van der Waals surface area contributed by atoms with E-state index in [9.17, 15) is 9.59 Å². The Bertz CT molecular complexity index is 911. The molecular formula is C24H26N2O2. The van der Waals surface area contributed by atoms with Crippen LogP contribution in [0.5, 0.6) is 0 Å². The highest BCUT2D eigenvalue weighted by atomic mass is 16.1. The summed E-state index contributed by atoms with van der Waals surface area (Å²) in [6, 6.07) is 9.61. The molecule has 1 aromatic rings. The molecule has 0 radical (unpaired) electrons. The van der Waals surface area contributed by atoms with E-state index in [0.29, 0.717) is 31.4 Å². The summed E-state index contributed by atoms with van der Waals surface area (Å²) in [5.41, 5.74) is 3.73. The minimum Gasteiger partial charge on any atom is -0.358 e. The molecule has 0 fully saturated rings. The first kappa shape index (κ1) is 20.9. The fourth-order valence-electron chi connectivity index (χ4n) is 2.98. The van der Waals surface area contributed by atoms with Crippen molar-refractivity contribution >= 4 is 12.2 Å². The van der Waals surface area contributed by atoms with Gasteiger partial charge in [0.1, 0.15) is 5.78 Å². The van der Waals surface area contributed by atoms with E-state index in [4.69, 9.17) is 5.26 Å². The molecule has 1 amide bonds. The maximum Gasteiger partial charge on any atom is 0.207 e. The lowest BCUT2D eigenvalue weighted by molar-refractivity contribution is -0.121. The summed E-state index contributed by atoms with van der Waals surface area (Å²) in [6.07, 6.45) is 11.6. The number of carbonyl (C=O) groups excluding carboxylic acids is 2. The molecule has 1 N–H and O–H groups in total. The number of amides is 1. The molecular weight excluding hydrogens is 348 g/mol. The second kappa shape index (κ2) is 11.4. The molecule has 0 bridgehead atoms. The fraction of sp³-hybridized carbons (Fsp3) is 0.292. The molecule has 0 aromatic heterocycles. The number of ketones is 1. The number of hydrogen-bond donors (Lipinski definition) is 1. The van der Waals surface area contributed by atoms with E-state index in [1.165, 1.54) is 0 Å². The van der Waals surface area contributed by atoms with Gasteiger partial charge in [-0.15, -0.1) is 0 Å². The van der Waals surface area contributed by atoms with Crippen LogP contribution in [-0.2, 0) is 16.0 Å². The molecule has 4 heteroatoms. The monoisotopic (exact) mass is 374 g/mol. The van der Waals surface area contributed by atoms with Gasteiger partial charge in [-0.1, -0.05) is 48.3 Å². The second-order valence-corrected chi connectivity index (χ2v) is 6.64. The number of hydrogen-bond acceptors (Lipinski definition) is 3. The van der Waals surface area contributed by atoms with Crippen LogP contribution in [0.3, 0.4) is 0 Å². The predicted molar refractivity (Wildman–Crippen MR) is 112 cm³/mol. The van der Waals surface area contributed by atoms with Crippen molar-refractivity contribution in [3.63, 3.8) is 0 Å². The van der Waals surface area contributed by atoms with Crippen LogP contribution in [0.15, 0.2) is 59.7 Å². The van der Waals surface area contributed by atoms with Crippen LogP contribution >= 0.6 is 0 Å². The molecule has 0 spiro atoms. The third-order valence-corrected chi connectivity index (χ3v) is 4.59. The van der Waals surface area contributed by atoms with E-state index in [1.807, 2.05) is 30.4 Å². The average Bonchev–Trinajstić information content (AvgIpc) is 2.93. The first-order chi connectivity index (χ1) is 13.6. The van der Waals surface area contributed by atoms with Crippen LogP contribution in [0.25, 0.3) is 0 Å². The van der Waals surface area contributed by atoms with Crippen molar-refractivity contribution in [2.45, 2.75) is 32.6 Å². The van der Waals surface area contributed by atoms with Gasteiger partial charge in [0.15, 0.2) is 0 Å². The summed E-state index contributed by atoms with van der Waals surface area (Å²) >= 11 is 0. The predicted octanol–water partition coefficient (Wildman–Crippen LogP) is 3.89. The molecule has 1 aliphatic carbocycles. The van der Waals surface area contributed by atoms with Gasteiger partial charge in [-0.05, 0) is 49.5 Å². The number of nitrogens with one attached hydrogen (secondary N) is 1. The van der Waals surface area contributed by atoms with Crippen molar-refractivity contribution in [3.8, 4) is 17.9 Å². The highest BCUT2D eigenvalue weighted by Gasteiger charge is 2.15. The maximum atomic E-state index is 11.8. The minimum absolute atomic E-state index is 0. The molecule has 4 nitrogen and oxygen atoms in total. The Morgan fingerprint density at radius 2 is 2.29 bits per heavy atom. The number of allylic oxidation sites excluding steroid dienone is 6. The van der Waals surface area contributed by atoms with Crippen molar-refractivity contribution in [2.75, 3.05) is 6.54 Å². The minimum atomic E-state index is -0.193. The van der Waals surface area contributed by atoms with E-state index < -0.39 is 0 Å². The van der Waals surface area contributed by atoms with E-state index in [2.05, 4.69) is 35.4 Å². The Balaban J connectivity index is 0.00000420. The molecule has 1 unspecified atom stereocenters. The fourth-order valence-corrected chi connectivity index (χ4v) is 2.98. The molecule has 0 heterocycles. The highest BCUT2D eigenvalue weighted by Crippen LogP contribution is 2.22. The molecule has 28 heavy (non-hydrogen) atoms. The third-order valence-electron chi connectivity index (χ3n) is 4.59. The van der Waals surface area contributed by atoms with E-state index >= 15 is 0 Å². The van der Waals surface area contributed by atoms with Crippen molar-refractivity contribution in [3.05, 3.63) is 70.8 Å². The number of nitrogens with zero attached hydrogens (tertiary/aromatic N) is 1. The molecule has 2 rings (SSSR count). The maximum absolute atomic E-state index is 11.8. The van der Waals surface area contributed by atoms with Crippen LogP contribution in [0.4, 0.5) is 0 Å². The van der Waals surface area contributed by atoms with E-state index in [0.717, 1.165) is 29.6 Å². The summed E-state index contributed by atoms with van der Waals surface area (Å²) < 4.78 is 0. The lowest BCUT2D eigenvalue weighted by atomic mass is 9.92. The normalized spacial score (nSPS) is 13.7. The zero-order valence-corrected chi connectivity index (χ0v) is 16.1. The SMILES string of the molecule is CC(=O)C(CCC1=CC=CCC=C1C#CCc1cccc(C#N)c1)CNC=O.[HH]. The van der Waals surface area contributed by atoms with Crippen molar-refractivity contribution in [2.24, 2.45) is 5.92 Å². The average molecular weight is 374 g/mol. The summed E-state index contributed by atoms with van der Waals surface area (Å²) in [4.78, 5) is 22.3. The topological polar surface area (TPSA) is 70.0 Å². The summed E-state index contributed by atoms with van der Waals surface area (Å²) in [5.74, 6) is 6.34. The van der Waals surface area contributed by atoms with Gasteiger partial charge in [-0.3, -0.25) is 9.59 Å². The van der Waals surface area contributed by atoms with Gasteiger partial charge < -0.3 is 5.32 Å². The lowest BCUT2D eigenvalue weighted by Gasteiger charge is -2.14. The number of nitriles is 1. The third kappa shape index (κ3) is 6.74. The summed E-state index contributed by atoms with van der Waals surface area (Å²) in [6.45, 7) is 1.92. The Hall–Kier alpha value is -3.37. The summed E-state index contributed by atoms with van der Waals surface area (Å²) in [7, 11) is 0. The molecule has 1 atom stereocenters. The van der Waals surface area contributed by atoms with Crippen LogP contribution in [0.2, 0.25) is 0 Å². The molecule has 1 aromatic carbocycles. The number of carbonyl (C=O) groups is 2. The molecule has 1 aliphatic rings. The number of benzene rings is 1. The van der Waals surface area contributed by atoms with Crippen molar-refractivity contribution in [1.29, 1.82) is 5.26 Å². The first-order valence-electron chi connectivity index (χ1n) is 9.35. The molecule has 0 saturated heterocycles. The zero-order valence-electron chi connectivity index (χ0n) is 16.1. The zero-order chi connectivity index (χ0) is 20.2. The van der Waals surface area contributed by atoms with Crippen LogP contribution in [0, 0.1) is 29.1 Å². The van der Waals surface area contributed by atoms with Crippen molar-refractivity contribution < 1.29 is 11.0 Å². The molecule has 0 saturated carbocycles. The smallest absolute Gasteiger partial charge is 0.207 e. The Morgan fingerprint density at radius 3 is 3.04 bits per heavy atom. The van der Waals surface area contributed by atoms with Crippen LogP contribution < -0.4 is 5.32 Å². The van der Waals surface area contributed by atoms with E-state index in [-0.39, 0.29) is 13.1 Å². The Labute approximate surface area is 168 Å². The second-order valence-electron chi connectivity index (χ2n) is 6.64. The Morgan fingerprint density at radius 1 is 1.43 bits per heavy atom. The van der Waals surface area contributed by atoms with Gasteiger partial charge >= 0.3 is 0 Å². The van der Waals surface area contributed by atoms with Gasteiger partial charge in [0.05, 0.1) is 11.6 Å². The van der Waals surface area contributed by atoms with Gasteiger partial charge in [0.25, 0.3) is 0 Å². The standard InChI is InChI=1S/C24H24N2O2.H2/c1-19(28)24(17-26-18-27)14-13-23-11-4-2-3-10-22(23)12-6-8-20-7-5-9-21(15-20)16-25;/h2,4-5,7,9-11,15,18,24H,3,8,13-14,17H2,1H3,(H,26,27);1H. The number of Topliss-reactive ketones (excluding diaryl/α,β-unsaturated/α-hetero) is 1. The molecule has 144 valence electrons. The number of rotatable bonds is 8. The van der Waals surface area contributed by atoms with Gasteiger partial charge in [0, 0.05) is 25.9 Å². The quantitative estimate of drug-likeness (QED) is 0.554. The summed E-state index contributed by atoms with van der Waals surface area (Å²) in [5, 5.41) is 11.6. The van der Waals surface area contributed by atoms with Crippen LogP contribution in [-0.4, -0.2) is 18.7 Å². The largest absolute Gasteiger partial charge is 0.358 e. The van der Waals surface area contributed by atoms with Gasteiger partial charge in [-0.25, -0.2) is 0 Å². The van der Waals surface area contributed by atoms with Crippen LogP contribution in [0.1, 0.15) is 38.7 Å². The molecule has 0 aliphatic heterocycles. The highest BCUT2D eigenvalue weighted by molar-refractivity contribution is 5.78. The van der Waals surface area contributed by atoms with E-state index in [1.54, 1.807) is 13.0 Å². The van der Waals surface area contributed by atoms with Gasteiger partial charge in [0.2, 0.25) is 6.41 Å². The lowest BCUT2D eigenvalue weighted by Crippen LogP contribution is -2.26. The Kier molecular flexibility index (Phi) is 8.50.